The maximum absolute atomic E-state index is 11.8. The van der Waals surface area contributed by atoms with E-state index in [-0.39, 0.29) is 11.9 Å². The summed E-state index contributed by atoms with van der Waals surface area (Å²) < 4.78 is 0.820. The van der Waals surface area contributed by atoms with Crippen LogP contribution in [0.1, 0.15) is 37.0 Å². The molecule has 16 heavy (non-hydrogen) atoms. The van der Waals surface area contributed by atoms with Gasteiger partial charge in [0, 0.05) is 21.8 Å². The summed E-state index contributed by atoms with van der Waals surface area (Å²) >= 11 is 3.32. The molecule has 1 atom stereocenters. The van der Waals surface area contributed by atoms with Crippen LogP contribution in [0.25, 0.3) is 0 Å². The van der Waals surface area contributed by atoms with Crippen LogP contribution in [0.4, 0.5) is 5.69 Å². The van der Waals surface area contributed by atoms with Gasteiger partial charge in [-0.1, -0.05) is 29.3 Å². The van der Waals surface area contributed by atoms with Crippen LogP contribution in [0.5, 0.6) is 0 Å². The van der Waals surface area contributed by atoms with E-state index in [0.717, 1.165) is 17.3 Å². The third-order valence-electron chi connectivity index (χ3n) is 2.28. The van der Waals surface area contributed by atoms with Gasteiger partial charge < -0.3 is 11.1 Å². The van der Waals surface area contributed by atoms with Crippen molar-refractivity contribution >= 4 is 27.5 Å². The van der Waals surface area contributed by atoms with Gasteiger partial charge in [-0.05, 0) is 31.5 Å². The molecule has 0 fully saturated rings. The van der Waals surface area contributed by atoms with Crippen molar-refractivity contribution in [2.24, 2.45) is 0 Å². The first-order chi connectivity index (χ1) is 7.52. The molecule has 88 valence electrons. The number of amides is 1. The lowest BCUT2D eigenvalue weighted by Gasteiger charge is -2.13. The fourth-order valence-electron chi connectivity index (χ4n) is 1.56. The molecule has 0 aromatic heterocycles. The Morgan fingerprint density at radius 2 is 2.19 bits per heavy atom. The van der Waals surface area contributed by atoms with E-state index in [2.05, 4.69) is 28.2 Å². The zero-order chi connectivity index (χ0) is 12.1. The molecule has 1 aromatic carbocycles. The lowest BCUT2D eigenvalue weighted by atomic mass is 10.1. The average Bonchev–Trinajstić information content (AvgIpc) is 2.16. The minimum atomic E-state index is -0.0750. The Morgan fingerprint density at radius 3 is 2.75 bits per heavy atom. The lowest BCUT2D eigenvalue weighted by Crippen LogP contribution is -2.32. The van der Waals surface area contributed by atoms with E-state index in [4.69, 9.17) is 5.73 Å². The number of halogens is 1. The van der Waals surface area contributed by atoms with E-state index in [9.17, 15) is 4.79 Å². The van der Waals surface area contributed by atoms with Crippen molar-refractivity contribution in [1.29, 1.82) is 0 Å². The molecular weight excluding hydrogens is 268 g/mol. The highest BCUT2D eigenvalue weighted by Gasteiger charge is 2.10. The Kier molecular flexibility index (Phi) is 4.80. The second-order valence-electron chi connectivity index (χ2n) is 3.94. The molecular formula is C12H17BrN2O. The monoisotopic (exact) mass is 284 g/mol. The van der Waals surface area contributed by atoms with E-state index in [1.807, 2.05) is 6.92 Å². The molecule has 3 nitrogen and oxygen atoms in total. The van der Waals surface area contributed by atoms with Crippen LogP contribution >= 0.6 is 15.9 Å². The first-order valence-corrected chi connectivity index (χ1v) is 6.19. The topological polar surface area (TPSA) is 55.1 Å². The van der Waals surface area contributed by atoms with Crippen LogP contribution in [0.2, 0.25) is 0 Å². The third kappa shape index (κ3) is 3.85. The molecule has 1 amide bonds. The van der Waals surface area contributed by atoms with E-state index >= 15 is 0 Å². The van der Waals surface area contributed by atoms with Gasteiger partial charge in [0.1, 0.15) is 0 Å². The van der Waals surface area contributed by atoms with Gasteiger partial charge in [-0.15, -0.1) is 0 Å². The van der Waals surface area contributed by atoms with E-state index < -0.39 is 0 Å². The molecule has 1 unspecified atom stereocenters. The number of carbonyl (C=O) groups is 1. The Hall–Kier alpha value is -1.03. The number of anilines is 1. The maximum Gasteiger partial charge on any atom is 0.251 e. The minimum Gasteiger partial charge on any atom is -0.399 e. The number of nitrogen functional groups attached to an aromatic ring is 1. The highest BCUT2D eigenvalue weighted by atomic mass is 79.9. The SMILES string of the molecule is CCCC(C)NC(=O)c1cc(N)cc(Br)c1. The smallest absolute Gasteiger partial charge is 0.251 e. The van der Waals surface area contributed by atoms with Crippen LogP contribution in [0.15, 0.2) is 22.7 Å². The molecule has 0 aliphatic carbocycles. The Bertz CT molecular complexity index is 359. The Balaban J connectivity index is 2.72. The number of hydrogen-bond acceptors (Lipinski definition) is 2. The van der Waals surface area contributed by atoms with Crippen molar-refractivity contribution in [1.82, 2.24) is 5.32 Å². The highest BCUT2D eigenvalue weighted by Crippen LogP contribution is 2.17. The zero-order valence-electron chi connectivity index (χ0n) is 9.59. The van der Waals surface area contributed by atoms with E-state index in [1.54, 1.807) is 18.2 Å². The second kappa shape index (κ2) is 5.89. The normalized spacial score (nSPS) is 12.2. The lowest BCUT2D eigenvalue weighted by molar-refractivity contribution is 0.0938. The van der Waals surface area contributed by atoms with Crippen molar-refractivity contribution in [3.8, 4) is 0 Å². The molecule has 0 aliphatic heterocycles. The predicted molar refractivity (Wildman–Crippen MR) is 70.4 cm³/mol. The molecule has 1 rings (SSSR count). The summed E-state index contributed by atoms with van der Waals surface area (Å²) in [6, 6.07) is 5.41. The number of carbonyl (C=O) groups excluding carboxylic acids is 1. The van der Waals surface area contributed by atoms with Gasteiger partial charge in [0.25, 0.3) is 5.91 Å². The fraction of sp³-hybridized carbons (Fsp3) is 0.417. The van der Waals surface area contributed by atoms with Crippen LogP contribution in [0.3, 0.4) is 0 Å². The maximum atomic E-state index is 11.8. The van der Waals surface area contributed by atoms with Crippen molar-refractivity contribution in [3.63, 3.8) is 0 Å². The molecule has 0 aliphatic rings. The molecule has 1 aromatic rings. The second-order valence-corrected chi connectivity index (χ2v) is 4.85. The number of nitrogens with one attached hydrogen (secondary N) is 1. The first-order valence-electron chi connectivity index (χ1n) is 5.40. The summed E-state index contributed by atoms with van der Waals surface area (Å²) in [6.07, 6.45) is 2.04. The summed E-state index contributed by atoms with van der Waals surface area (Å²) in [7, 11) is 0. The van der Waals surface area contributed by atoms with Crippen molar-refractivity contribution in [3.05, 3.63) is 28.2 Å². The van der Waals surface area contributed by atoms with Crippen LogP contribution < -0.4 is 11.1 Å². The van der Waals surface area contributed by atoms with Gasteiger partial charge in [0.2, 0.25) is 0 Å². The zero-order valence-corrected chi connectivity index (χ0v) is 11.2. The van der Waals surface area contributed by atoms with Crippen molar-refractivity contribution < 1.29 is 4.79 Å². The van der Waals surface area contributed by atoms with E-state index in [0.29, 0.717) is 11.3 Å². The average molecular weight is 285 g/mol. The Labute approximate surface area is 105 Å². The fourth-order valence-corrected chi connectivity index (χ4v) is 2.07. The summed E-state index contributed by atoms with van der Waals surface area (Å²) in [5.74, 6) is -0.0750. The minimum absolute atomic E-state index is 0.0750. The van der Waals surface area contributed by atoms with E-state index in [1.165, 1.54) is 0 Å². The standard InChI is InChI=1S/C12H17BrN2O/c1-3-4-8(2)15-12(16)9-5-10(13)7-11(14)6-9/h5-8H,3-4,14H2,1-2H3,(H,15,16). The van der Waals surface area contributed by atoms with Gasteiger partial charge in [-0.25, -0.2) is 0 Å². The van der Waals surface area contributed by atoms with Crippen LogP contribution in [0, 0.1) is 0 Å². The number of rotatable bonds is 4. The molecule has 0 bridgehead atoms. The number of benzene rings is 1. The summed E-state index contributed by atoms with van der Waals surface area (Å²) in [4.78, 5) is 11.8. The molecule has 3 N–H and O–H groups in total. The predicted octanol–water partition coefficient (Wildman–Crippen LogP) is 2.95. The van der Waals surface area contributed by atoms with Crippen molar-refractivity contribution in [2.75, 3.05) is 5.73 Å². The molecule has 0 saturated heterocycles. The molecule has 0 saturated carbocycles. The quantitative estimate of drug-likeness (QED) is 0.836. The van der Waals surface area contributed by atoms with Crippen molar-refractivity contribution in [2.45, 2.75) is 32.7 Å². The van der Waals surface area contributed by atoms with Crippen LogP contribution in [-0.2, 0) is 0 Å². The molecule has 0 heterocycles. The Morgan fingerprint density at radius 1 is 1.50 bits per heavy atom. The van der Waals surface area contributed by atoms with Gasteiger partial charge in [0.05, 0.1) is 0 Å². The molecule has 4 heteroatoms. The van der Waals surface area contributed by atoms with Gasteiger partial charge in [-0.3, -0.25) is 4.79 Å². The largest absolute Gasteiger partial charge is 0.399 e. The van der Waals surface area contributed by atoms with Gasteiger partial charge >= 0.3 is 0 Å². The number of nitrogens with two attached hydrogens (primary N) is 1. The molecule has 0 spiro atoms. The van der Waals surface area contributed by atoms with Gasteiger partial charge in [-0.2, -0.15) is 0 Å². The van der Waals surface area contributed by atoms with Gasteiger partial charge in [0.15, 0.2) is 0 Å². The molecule has 0 radical (unpaired) electrons. The third-order valence-corrected chi connectivity index (χ3v) is 2.74. The summed E-state index contributed by atoms with van der Waals surface area (Å²) in [5, 5.41) is 2.94. The highest BCUT2D eigenvalue weighted by molar-refractivity contribution is 9.10. The first kappa shape index (κ1) is 13.0. The summed E-state index contributed by atoms with van der Waals surface area (Å²) in [6.45, 7) is 4.10. The van der Waals surface area contributed by atoms with Crippen LogP contribution in [-0.4, -0.2) is 11.9 Å². The number of hydrogen-bond donors (Lipinski definition) is 2. The summed E-state index contributed by atoms with van der Waals surface area (Å²) in [5.41, 5.74) is 6.85.